The van der Waals surface area contributed by atoms with Gasteiger partial charge in [-0.3, -0.25) is 4.90 Å². The summed E-state index contributed by atoms with van der Waals surface area (Å²) in [7, 11) is 1.73. The molecule has 0 bridgehead atoms. The van der Waals surface area contributed by atoms with Crippen LogP contribution in [0.1, 0.15) is 31.0 Å². The zero-order chi connectivity index (χ0) is 13.1. The van der Waals surface area contributed by atoms with Crippen molar-refractivity contribution in [3.63, 3.8) is 0 Å². The Labute approximate surface area is 114 Å². The van der Waals surface area contributed by atoms with E-state index in [1.165, 1.54) is 38.0 Å². The Morgan fingerprint density at radius 2 is 2.26 bits per heavy atom. The highest BCUT2D eigenvalue weighted by atomic mass is 16.5. The molecule has 2 heterocycles. The van der Waals surface area contributed by atoms with Crippen LogP contribution in [0.2, 0.25) is 0 Å². The number of nitrogens with one attached hydrogen (secondary N) is 1. The van der Waals surface area contributed by atoms with Gasteiger partial charge in [-0.1, -0.05) is 0 Å². The summed E-state index contributed by atoms with van der Waals surface area (Å²) in [5.41, 5.74) is 1.29. The molecule has 3 rings (SSSR count). The van der Waals surface area contributed by atoms with Gasteiger partial charge in [-0.2, -0.15) is 0 Å². The molecule has 1 aliphatic carbocycles. The van der Waals surface area contributed by atoms with Crippen LogP contribution in [0.5, 0.6) is 0 Å². The van der Waals surface area contributed by atoms with Crippen LogP contribution in [0, 0.1) is 0 Å². The van der Waals surface area contributed by atoms with Crippen LogP contribution >= 0.6 is 0 Å². The summed E-state index contributed by atoms with van der Waals surface area (Å²) in [6, 6.07) is 1.50. The van der Waals surface area contributed by atoms with E-state index in [-0.39, 0.29) is 0 Å². The molecule has 2 aliphatic rings. The first-order valence-corrected chi connectivity index (χ1v) is 7.33. The highest BCUT2D eigenvalue weighted by molar-refractivity contribution is 5.03. The fraction of sp³-hybridized carbons (Fsp3) is 0.786. The number of hydrogen-bond donors (Lipinski definition) is 1. The van der Waals surface area contributed by atoms with E-state index in [0.29, 0.717) is 6.04 Å². The van der Waals surface area contributed by atoms with E-state index in [2.05, 4.69) is 19.8 Å². The predicted octanol–water partition coefficient (Wildman–Crippen LogP) is 1.03. The van der Waals surface area contributed by atoms with E-state index in [1.54, 1.807) is 7.11 Å². The molecule has 1 aromatic heterocycles. The predicted molar refractivity (Wildman–Crippen MR) is 74.1 cm³/mol. The van der Waals surface area contributed by atoms with Crippen LogP contribution in [-0.4, -0.2) is 53.8 Å². The Hall–Kier alpha value is -0.910. The number of hydrogen-bond acceptors (Lipinski definition) is 4. The Morgan fingerprint density at radius 1 is 1.37 bits per heavy atom. The van der Waals surface area contributed by atoms with E-state index in [1.807, 2.05) is 12.5 Å². The summed E-state index contributed by atoms with van der Waals surface area (Å²) in [4.78, 5) is 6.97. The molecular weight excluding hydrogens is 240 g/mol. The van der Waals surface area contributed by atoms with E-state index < -0.39 is 0 Å². The van der Waals surface area contributed by atoms with Crippen molar-refractivity contribution < 1.29 is 4.74 Å². The third-order valence-corrected chi connectivity index (χ3v) is 4.19. The molecule has 1 aromatic rings. The standard InChI is InChI=1S/C14H24N4O/c1-19-7-5-15-8-14-9-16-11-18(14)13-4-6-17(10-13)12-2-3-12/h9,11-13,15H,2-8,10H2,1H3. The van der Waals surface area contributed by atoms with Crippen molar-refractivity contribution in [2.45, 2.75) is 37.9 Å². The number of imidazole rings is 1. The highest BCUT2D eigenvalue weighted by Gasteiger charge is 2.35. The Bertz CT molecular complexity index is 402. The van der Waals surface area contributed by atoms with Crippen molar-refractivity contribution in [1.82, 2.24) is 19.8 Å². The van der Waals surface area contributed by atoms with Gasteiger partial charge in [0.15, 0.2) is 0 Å². The zero-order valence-electron chi connectivity index (χ0n) is 11.7. The molecule has 2 fully saturated rings. The molecule has 0 aromatic carbocycles. The van der Waals surface area contributed by atoms with Crippen LogP contribution in [0.25, 0.3) is 0 Å². The van der Waals surface area contributed by atoms with Gasteiger partial charge in [0.05, 0.1) is 18.6 Å². The maximum atomic E-state index is 5.05. The van der Waals surface area contributed by atoms with Crippen LogP contribution < -0.4 is 5.32 Å². The summed E-state index contributed by atoms with van der Waals surface area (Å²) >= 11 is 0. The largest absolute Gasteiger partial charge is 0.383 e. The van der Waals surface area contributed by atoms with Gasteiger partial charge in [-0.15, -0.1) is 0 Å². The average molecular weight is 264 g/mol. The van der Waals surface area contributed by atoms with Gasteiger partial charge in [-0.05, 0) is 19.3 Å². The third kappa shape index (κ3) is 3.16. The number of nitrogens with zero attached hydrogens (tertiary/aromatic N) is 3. The molecule has 19 heavy (non-hydrogen) atoms. The molecule has 0 spiro atoms. The molecule has 0 amide bonds. The number of ether oxygens (including phenoxy) is 1. The van der Waals surface area contributed by atoms with Crippen molar-refractivity contribution >= 4 is 0 Å². The molecule has 1 atom stereocenters. The summed E-state index contributed by atoms with van der Waals surface area (Å²) < 4.78 is 7.41. The molecular formula is C14H24N4O. The molecule has 1 aliphatic heterocycles. The molecule has 0 radical (unpaired) electrons. The van der Waals surface area contributed by atoms with Gasteiger partial charge >= 0.3 is 0 Å². The minimum atomic E-state index is 0.613. The van der Waals surface area contributed by atoms with Crippen LogP contribution in [0.3, 0.4) is 0 Å². The molecule has 106 valence electrons. The summed E-state index contributed by atoms with van der Waals surface area (Å²) in [5, 5.41) is 3.40. The highest BCUT2D eigenvalue weighted by Crippen LogP contribution is 2.33. The van der Waals surface area contributed by atoms with Gasteiger partial charge in [0, 0.05) is 51.6 Å². The average Bonchev–Trinajstić information content (AvgIpc) is 2.99. The molecule has 5 heteroatoms. The quantitative estimate of drug-likeness (QED) is 0.747. The second kappa shape index (κ2) is 6.03. The van der Waals surface area contributed by atoms with Crippen molar-refractivity contribution in [2.75, 3.05) is 33.4 Å². The maximum absolute atomic E-state index is 5.05. The third-order valence-electron chi connectivity index (χ3n) is 4.19. The lowest BCUT2D eigenvalue weighted by Crippen LogP contribution is -2.25. The van der Waals surface area contributed by atoms with Crippen molar-refractivity contribution in [3.05, 3.63) is 18.2 Å². The van der Waals surface area contributed by atoms with Gasteiger partial charge in [0.25, 0.3) is 0 Å². The SMILES string of the molecule is COCCNCc1cncn1C1CCN(C2CC2)C1. The molecule has 5 nitrogen and oxygen atoms in total. The Balaban J connectivity index is 1.54. The number of rotatable bonds is 7. The summed E-state index contributed by atoms with van der Waals surface area (Å²) in [6.45, 7) is 4.98. The van der Waals surface area contributed by atoms with Crippen molar-refractivity contribution in [2.24, 2.45) is 0 Å². The maximum Gasteiger partial charge on any atom is 0.0951 e. The van der Waals surface area contributed by atoms with Gasteiger partial charge in [0.1, 0.15) is 0 Å². The molecule has 1 saturated heterocycles. The Morgan fingerprint density at radius 3 is 3.05 bits per heavy atom. The fourth-order valence-corrected chi connectivity index (χ4v) is 2.95. The minimum absolute atomic E-state index is 0.613. The first-order valence-electron chi connectivity index (χ1n) is 7.33. The number of likely N-dealkylation sites (tertiary alicyclic amines) is 1. The van der Waals surface area contributed by atoms with Crippen LogP contribution in [0.4, 0.5) is 0 Å². The van der Waals surface area contributed by atoms with Crippen molar-refractivity contribution in [1.29, 1.82) is 0 Å². The fourth-order valence-electron chi connectivity index (χ4n) is 2.95. The van der Waals surface area contributed by atoms with Gasteiger partial charge in [0.2, 0.25) is 0 Å². The number of aromatic nitrogens is 2. The van der Waals surface area contributed by atoms with Gasteiger partial charge in [-0.25, -0.2) is 4.98 Å². The van der Waals surface area contributed by atoms with Crippen LogP contribution in [0.15, 0.2) is 12.5 Å². The van der Waals surface area contributed by atoms with E-state index in [0.717, 1.165) is 25.7 Å². The first kappa shape index (κ1) is 13.1. The smallest absolute Gasteiger partial charge is 0.0951 e. The van der Waals surface area contributed by atoms with E-state index >= 15 is 0 Å². The van der Waals surface area contributed by atoms with Gasteiger partial charge < -0.3 is 14.6 Å². The summed E-state index contributed by atoms with van der Waals surface area (Å²) in [6.07, 6.45) is 8.05. The van der Waals surface area contributed by atoms with Crippen LogP contribution in [-0.2, 0) is 11.3 Å². The number of methoxy groups -OCH3 is 1. The lowest BCUT2D eigenvalue weighted by molar-refractivity contribution is 0.199. The lowest BCUT2D eigenvalue weighted by atomic mass is 10.2. The second-order valence-corrected chi connectivity index (χ2v) is 5.63. The lowest BCUT2D eigenvalue weighted by Gasteiger charge is -2.18. The first-order chi connectivity index (χ1) is 9.38. The van der Waals surface area contributed by atoms with E-state index in [9.17, 15) is 0 Å². The Kier molecular flexibility index (Phi) is 4.15. The topological polar surface area (TPSA) is 42.3 Å². The molecule has 1 saturated carbocycles. The molecule has 1 N–H and O–H groups in total. The van der Waals surface area contributed by atoms with E-state index in [4.69, 9.17) is 4.74 Å². The monoisotopic (exact) mass is 264 g/mol. The summed E-state index contributed by atoms with van der Waals surface area (Å²) in [5.74, 6) is 0. The zero-order valence-corrected chi connectivity index (χ0v) is 11.7. The minimum Gasteiger partial charge on any atom is -0.383 e. The normalized spacial score (nSPS) is 24.2. The second-order valence-electron chi connectivity index (χ2n) is 5.63. The van der Waals surface area contributed by atoms with Crippen molar-refractivity contribution in [3.8, 4) is 0 Å². The molecule has 1 unspecified atom stereocenters.